The van der Waals surface area contributed by atoms with E-state index >= 15 is 0 Å². The molecule has 24 heavy (non-hydrogen) atoms. The molecule has 0 atom stereocenters. The van der Waals surface area contributed by atoms with E-state index in [9.17, 15) is 4.79 Å². The topological polar surface area (TPSA) is 118 Å². The molecule has 0 spiro atoms. The molecule has 1 aromatic rings. The third kappa shape index (κ3) is 8.50. The minimum absolute atomic E-state index is 0.213. The largest absolute Gasteiger partial charge is 0.387 e. The van der Waals surface area contributed by atoms with Crippen LogP contribution in [0.15, 0.2) is 53.5 Å². The summed E-state index contributed by atoms with van der Waals surface area (Å²) in [6, 6.07) is 7.85. The zero-order chi connectivity index (χ0) is 18.4. The molecule has 1 aliphatic heterocycles. The first kappa shape index (κ1) is 21.1. The summed E-state index contributed by atoms with van der Waals surface area (Å²) < 4.78 is 0. The molecule has 1 heterocycles. The Morgan fingerprint density at radius 1 is 1.29 bits per heavy atom. The predicted molar refractivity (Wildman–Crippen MR) is 103 cm³/mol. The summed E-state index contributed by atoms with van der Waals surface area (Å²) in [5.41, 5.74) is 13.7. The van der Waals surface area contributed by atoms with Gasteiger partial charge in [-0.2, -0.15) is 0 Å². The van der Waals surface area contributed by atoms with E-state index < -0.39 is 0 Å². The van der Waals surface area contributed by atoms with E-state index in [-0.39, 0.29) is 5.96 Å². The smallest absolute Gasteiger partial charge is 0.216 e. The molecule has 1 aromatic carbocycles. The molecule has 0 unspecified atom stereocenters. The lowest BCUT2D eigenvalue weighted by molar-refractivity contribution is -0.105. The zero-order valence-electron chi connectivity index (χ0n) is 14.2. The summed E-state index contributed by atoms with van der Waals surface area (Å²) in [5.74, 6) is 0.637. The van der Waals surface area contributed by atoms with Gasteiger partial charge in [0.2, 0.25) is 12.4 Å². The quantitative estimate of drug-likeness (QED) is 0.289. The molecule has 7 heteroatoms. The van der Waals surface area contributed by atoms with Gasteiger partial charge in [0.1, 0.15) is 0 Å². The Bertz CT molecular complexity index is 586. The van der Waals surface area contributed by atoms with Gasteiger partial charge in [0.25, 0.3) is 0 Å². The van der Waals surface area contributed by atoms with Gasteiger partial charge >= 0.3 is 0 Å². The fourth-order valence-electron chi connectivity index (χ4n) is 1.77. The molecular formula is C17H26N6O. The average Bonchev–Trinajstić information content (AvgIpc) is 3.12. The van der Waals surface area contributed by atoms with Crippen LogP contribution in [0.2, 0.25) is 0 Å². The van der Waals surface area contributed by atoms with Crippen LogP contribution >= 0.6 is 0 Å². The van der Waals surface area contributed by atoms with Crippen LogP contribution < -0.4 is 22.1 Å². The van der Waals surface area contributed by atoms with Crippen LogP contribution in [0.3, 0.4) is 0 Å². The van der Waals surface area contributed by atoms with Crippen LogP contribution in [0.25, 0.3) is 5.57 Å². The van der Waals surface area contributed by atoms with Crippen molar-refractivity contribution in [1.82, 2.24) is 5.32 Å². The first-order chi connectivity index (χ1) is 11.6. The Balaban J connectivity index is 0.000000456. The maximum atomic E-state index is 10.2. The van der Waals surface area contributed by atoms with Crippen molar-refractivity contribution in [3.63, 3.8) is 0 Å². The Morgan fingerprint density at radius 2 is 1.92 bits per heavy atom. The molecule has 0 aliphatic carbocycles. The fraction of sp³-hybridized carbons (Fsp3) is 0.235. The molecule has 1 aliphatic rings. The van der Waals surface area contributed by atoms with Crippen molar-refractivity contribution in [3.05, 3.63) is 49.1 Å². The first-order valence-corrected chi connectivity index (χ1v) is 7.30. The number of nitrogens with one attached hydrogen (secondary N) is 2. The molecule has 130 valence electrons. The average molecular weight is 330 g/mol. The number of anilines is 1. The highest BCUT2D eigenvalue weighted by atomic mass is 16.1. The van der Waals surface area contributed by atoms with Gasteiger partial charge in [-0.25, -0.2) is 4.99 Å². The molecule has 0 saturated heterocycles. The van der Waals surface area contributed by atoms with E-state index in [2.05, 4.69) is 39.9 Å². The van der Waals surface area contributed by atoms with Gasteiger partial charge in [0, 0.05) is 25.8 Å². The zero-order valence-corrected chi connectivity index (χ0v) is 14.2. The number of rotatable bonds is 3. The molecule has 0 bridgehead atoms. The van der Waals surface area contributed by atoms with E-state index in [1.54, 1.807) is 14.0 Å². The standard InChI is InChI=1S/C11H12N2O.C4H10N4.C2H4/c14-8-13-11-3-1-9(2-4-11)10-5-6-12-7-10;1-3(5)8-4(6)7-2;1-2/h1-5,8,12H,6-7H2,(H,13,14);1-2H3,(H4,5,6,7,8);1-2H2. The second-order valence-corrected chi connectivity index (χ2v) is 4.53. The van der Waals surface area contributed by atoms with Crippen LogP contribution in [-0.2, 0) is 4.79 Å². The minimum Gasteiger partial charge on any atom is -0.387 e. The minimum atomic E-state index is 0.213. The van der Waals surface area contributed by atoms with Crippen LogP contribution in [-0.4, -0.2) is 38.3 Å². The number of amides is 1. The number of nitrogens with zero attached hydrogens (tertiary/aromatic N) is 2. The summed E-state index contributed by atoms with van der Waals surface area (Å²) >= 11 is 0. The second-order valence-electron chi connectivity index (χ2n) is 4.53. The van der Waals surface area contributed by atoms with Crippen LogP contribution in [0.1, 0.15) is 12.5 Å². The summed E-state index contributed by atoms with van der Waals surface area (Å²) in [6.45, 7) is 9.53. The predicted octanol–water partition coefficient (Wildman–Crippen LogP) is 1.35. The molecule has 0 saturated carbocycles. The van der Waals surface area contributed by atoms with Crippen molar-refractivity contribution in [3.8, 4) is 0 Å². The highest BCUT2D eigenvalue weighted by Gasteiger charge is 2.05. The first-order valence-electron chi connectivity index (χ1n) is 7.30. The van der Waals surface area contributed by atoms with Crippen molar-refractivity contribution in [2.24, 2.45) is 21.5 Å². The van der Waals surface area contributed by atoms with Crippen molar-refractivity contribution in [2.75, 3.05) is 25.5 Å². The van der Waals surface area contributed by atoms with Gasteiger partial charge in [-0.3, -0.25) is 9.79 Å². The molecule has 2 rings (SSSR count). The number of carbonyl (C=O) groups excluding carboxylic acids is 1. The Labute approximate surface area is 143 Å². The number of guanidine groups is 1. The maximum absolute atomic E-state index is 10.2. The molecule has 7 nitrogen and oxygen atoms in total. The second kappa shape index (κ2) is 12.6. The van der Waals surface area contributed by atoms with Gasteiger partial charge in [0.15, 0.2) is 0 Å². The van der Waals surface area contributed by atoms with Crippen molar-refractivity contribution >= 4 is 29.5 Å². The van der Waals surface area contributed by atoms with Gasteiger partial charge in [-0.05, 0) is 30.2 Å². The lowest BCUT2D eigenvalue weighted by atomic mass is 10.1. The summed E-state index contributed by atoms with van der Waals surface area (Å²) in [5, 5.41) is 5.86. The third-order valence-corrected chi connectivity index (χ3v) is 2.81. The van der Waals surface area contributed by atoms with E-state index in [0.717, 1.165) is 18.8 Å². The molecule has 0 fully saturated rings. The summed E-state index contributed by atoms with van der Waals surface area (Å²) in [6.07, 6.45) is 2.87. The fourth-order valence-corrected chi connectivity index (χ4v) is 1.77. The molecule has 6 N–H and O–H groups in total. The lowest BCUT2D eigenvalue weighted by Gasteiger charge is -2.03. The van der Waals surface area contributed by atoms with Gasteiger partial charge in [0.05, 0.1) is 5.84 Å². The Morgan fingerprint density at radius 3 is 2.29 bits per heavy atom. The van der Waals surface area contributed by atoms with Crippen molar-refractivity contribution in [2.45, 2.75) is 6.92 Å². The van der Waals surface area contributed by atoms with Gasteiger partial charge in [-0.1, -0.05) is 18.2 Å². The van der Waals surface area contributed by atoms with E-state index in [1.165, 1.54) is 11.1 Å². The highest BCUT2D eigenvalue weighted by molar-refractivity contribution is 5.93. The van der Waals surface area contributed by atoms with E-state index in [0.29, 0.717) is 12.2 Å². The Hall–Kier alpha value is -2.93. The number of hydrogen-bond acceptors (Lipinski definition) is 3. The normalized spacial score (nSPS) is 13.7. The number of carbonyl (C=O) groups is 1. The maximum Gasteiger partial charge on any atom is 0.216 e. The van der Waals surface area contributed by atoms with E-state index in [1.807, 2.05) is 24.3 Å². The number of aliphatic imine (C=N–C) groups is 2. The monoisotopic (exact) mass is 330 g/mol. The van der Waals surface area contributed by atoms with E-state index in [4.69, 9.17) is 11.5 Å². The lowest BCUT2D eigenvalue weighted by Crippen LogP contribution is -2.15. The van der Waals surface area contributed by atoms with Crippen LogP contribution in [0.5, 0.6) is 0 Å². The summed E-state index contributed by atoms with van der Waals surface area (Å²) in [4.78, 5) is 17.4. The number of benzene rings is 1. The van der Waals surface area contributed by atoms with Gasteiger partial charge < -0.3 is 22.1 Å². The number of nitrogens with two attached hydrogens (primary N) is 2. The molecule has 1 amide bonds. The molecule has 0 radical (unpaired) electrons. The SMILES string of the molecule is C=C.CN=C(N)/N=C(/C)N.O=CNc1ccc(C2=CCNC2)cc1. The van der Waals surface area contributed by atoms with Crippen LogP contribution in [0, 0.1) is 0 Å². The third-order valence-electron chi connectivity index (χ3n) is 2.81. The summed E-state index contributed by atoms with van der Waals surface area (Å²) in [7, 11) is 1.56. The number of amidine groups is 1. The number of hydrogen-bond donors (Lipinski definition) is 4. The van der Waals surface area contributed by atoms with Gasteiger partial charge in [-0.15, -0.1) is 13.2 Å². The molecule has 0 aromatic heterocycles. The molecular weight excluding hydrogens is 304 g/mol. The van der Waals surface area contributed by atoms with Crippen LogP contribution in [0.4, 0.5) is 5.69 Å². The van der Waals surface area contributed by atoms with Crippen molar-refractivity contribution in [1.29, 1.82) is 0 Å². The highest BCUT2D eigenvalue weighted by Crippen LogP contribution is 2.18. The van der Waals surface area contributed by atoms with Crippen molar-refractivity contribution < 1.29 is 4.79 Å². The Kier molecular flexibility index (Phi) is 11.1.